The molecule has 1 aromatic carbocycles. The first-order chi connectivity index (χ1) is 8.79. The summed E-state index contributed by atoms with van der Waals surface area (Å²) < 4.78 is 19.2. The van der Waals surface area contributed by atoms with Gasteiger partial charge in [-0.2, -0.15) is 0 Å². The minimum atomic E-state index is -0.320. The van der Waals surface area contributed by atoms with Gasteiger partial charge in [0, 0.05) is 10.3 Å². The van der Waals surface area contributed by atoms with Crippen molar-refractivity contribution in [2.45, 2.75) is 6.04 Å². The van der Waals surface area contributed by atoms with Crippen molar-refractivity contribution in [3.63, 3.8) is 0 Å². The Morgan fingerprint density at radius 3 is 2.83 bits per heavy atom. The summed E-state index contributed by atoms with van der Waals surface area (Å²) in [6.07, 6.45) is 0. The molecule has 18 heavy (non-hydrogen) atoms. The molecule has 2 aromatic heterocycles. The molecule has 1 N–H and O–H groups in total. The maximum atomic E-state index is 13.6. The van der Waals surface area contributed by atoms with Gasteiger partial charge in [-0.25, -0.2) is 4.39 Å². The van der Waals surface area contributed by atoms with Crippen molar-refractivity contribution >= 4 is 22.3 Å². The van der Waals surface area contributed by atoms with Gasteiger partial charge in [0.25, 0.3) is 0 Å². The van der Waals surface area contributed by atoms with E-state index in [4.69, 9.17) is 4.42 Å². The maximum absolute atomic E-state index is 13.6. The van der Waals surface area contributed by atoms with Gasteiger partial charge < -0.3 is 9.73 Å². The largest absolute Gasteiger partial charge is 0.456 e. The lowest BCUT2D eigenvalue weighted by Crippen LogP contribution is -2.15. The van der Waals surface area contributed by atoms with Crippen LogP contribution in [0.15, 0.2) is 46.2 Å². The van der Waals surface area contributed by atoms with Crippen LogP contribution in [-0.2, 0) is 0 Å². The van der Waals surface area contributed by atoms with E-state index in [-0.39, 0.29) is 11.9 Å². The number of nitrogens with one attached hydrogen (secondary N) is 1. The van der Waals surface area contributed by atoms with Crippen molar-refractivity contribution in [2.75, 3.05) is 7.05 Å². The summed E-state index contributed by atoms with van der Waals surface area (Å²) in [6, 6.07) is 10.8. The van der Waals surface area contributed by atoms with E-state index in [0.717, 1.165) is 16.0 Å². The highest BCUT2D eigenvalue weighted by molar-refractivity contribution is 7.10. The predicted octanol–water partition coefficient (Wildman–Crippen LogP) is 3.94. The van der Waals surface area contributed by atoms with E-state index in [0.29, 0.717) is 5.58 Å². The molecule has 4 heteroatoms. The second kappa shape index (κ2) is 4.55. The van der Waals surface area contributed by atoms with Crippen LogP contribution in [0.2, 0.25) is 0 Å². The standard InChI is InChI=1S/C14H12FNOS/c1-16-13(12-6-3-7-18-12)11-8-9-4-2-5-10(15)14(9)17-11/h2-8,13,16H,1H3. The maximum Gasteiger partial charge on any atom is 0.169 e. The molecule has 0 radical (unpaired) electrons. The van der Waals surface area contributed by atoms with Gasteiger partial charge in [0.1, 0.15) is 11.8 Å². The lowest BCUT2D eigenvalue weighted by molar-refractivity contribution is 0.479. The Morgan fingerprint density at radius 1 is 1.28 bits per heavy atom. The van der Waals surface area contributed by atoms with Gasteiger partial charge >= 0.3 is 0 Å². The number of rotatable bonds is 3. The number of para-hydroxylation sites is 1. The molecule has 3 rings (SSSR count). The zero-order valence-electron chi connectivity index (χ0n) is 9.81. The third kappa shape index (κ3) is 1.83. The van der Waals surface area contributed by atoms with Crippen LogP contribution in [0.25, 0.3) is 11.0 Å². The van der Waals surface area contributed by atoms with Gasteiger partial charge in [0.2, 0.25) is 0 Å². The molecule has 0 aliphatic carbocycles. The lowest BCUT2D eigenvalue weighted by Gasteiger charge is -2.10. The summed E-state index contributed by atoms with van der Waals surface area (Å²) in [7, 11) is 1.87. The molecule has 0 aliphatic rings. The number of hydrogen-bond acceptors (Lipinski definition) is 3. The molecule has 0 aliphatic heterocycles. The fraction of sp³-hybridized carbons (Fsp3) is 0.143. The van der Waals surface area contributed by atoms with E-state index in [1.807, 2.05) is 36.7 Å². The quantitative estimate of drug-likeness (QED) is 0.772. The van der Waals surface area contributed by atoms with Crippen LogP contribution >= 0.6 is 11.3 Å². The first-order valence-electron chi connectivity index (χ1n) is 5.68. The minimum absolute atomic E-state index is 0.0307. The number of hydrogen-bond donors (Lipinski definition) is 1. The molecule has 1 unspecified atom stereocenters. The van der Waals surface area contributed by atoms with Crippen molar-refractivity contribution in [1.82, 2.24) is 5.32 Å². The number of furan rings is 1. The first kappa shape index (κ1) is 11.4. The van der Waals surface area contributed by atoms with Crippen LogP contribution in [0, 0.1) is 5.82 Å². The van der Waals surface area contributed by atoms with Crippen LogP contribution in [0.1, 0.15) is 16.7 Å². The average Bonchev–Trinajstić information content (AvgIpc) is 3.00. The van der Waals surface area contributed by atoms with Gasteiger partial charge in [-0.15, -0.1) is 11.3 Å². The third-order valence-corrected chi connectivity index (χ3v) is 3.85. The van der Waals surface area contributed by atoms with E-state index in [2.05, 4.69) is 5.32 Å². The Hall–Kier alpha value is -1.65. The lowest BCUT2D eigenvalue weighted by atomic mass is 10.1. The zero-order valence-corrected chi connectivity index (χ0v) is 10.6. The highest BCUT2D eigenvalue weighted by Gasteiger charge is 2.18. The van der Waals surface area contributed by atoms with Crippen molar-refractivity contribution < 1.29 is 8.81 Å². The average molecular weight is 261 g/mol. The van der Waals surface area contributed by atoms with Crippen LogP contribution in [0.4, 0.5) is 4.39 Å². The van der Waals surface area contributed by atoms with E-state index < -0.39 is 0 Å². The van der Waals surface area contributed by atoms with Gasteiger partial charge in [-0.05, 0) is 30.6 Å². The summed E-state index contributed by atoms with van der Waals surface area (Å²) in [5.41, 5.74) is 0.323. The van der Waals surface area contributed by atoms with Crippen molar-refractivity contribution in [3.8, 4) is 0 Å². The van der Waals surface area contributed by atoms with Crippen LogP contribution in [0.3, 0.4) is 0 Å². The highest BCUT2D eigenvalue weighted by Crippen LogP contribution is 2.31. The molecule has 0 fully saturated rings. The Balaban J connectivity index is 2.11. The van der Waals surface area contributed by atoms with E-state index in [9.17, 15) is 4.39 Å². The third-order valence-electron chi connectivity index (χ3n) is 2.92. The number of benzene rings is 1. The van der Waals surface area contributed by atoms with E-state index in [1.54, 1.807) is 17.4 Å². The molecule has 0 saturated heterocycles. The van der Waals surface area contributed by atoms with Gasteiger partial charge in [0.05, 0.1) is 0 Å². The normalized spacial score (nSPS) is 13.0. The molecule has 2 nitrogen and oxygen atoms in total. The van der Waals surface area contributed by atoms with Gasteiger partial charge in [-0.1, -0.05) is 18.2 Å². The summed E-state index contributed by atoms with van der Waals surface area (Å²) in [5.74, 6) is 0.417. The van der Waals surface area contributed by atoms with Crippen LogP contribution < -0.4 is 5.32 Å². The fourth-order valence-electron chi connectivity index (χ4n) is 2.07. The Bertz CT molecular complexity index is 660. The topological polar surface area (TPSA) is 25.2 Å². The summed E-state index contributed by atoms with van der Waals surface area (Å²) in [4.78, 5) is 1.15. The smallest absolute Gasteiger partial charge is 0.169 e. The zero-order chi connectivity index (χ0) is 12.5. The number of fused-ring (bicyclic) bond motifs is 1. The van der Waals surface area contributed by atoms with Crippen molar-refractivity contribution in [2.24, 2.45) is 0 Å². The minimum Gasteiger partial charge on any atom is -0.456 e. The molecular weight excluding hydrogens is 249 g/mol. The molecule has 0 spiro atoms. The van der Waals surface area contributed by atoms with Crippen molar-refractivity contribution in [3.05, 3.63) is 58.2 Å². The number of halogens is 1. The van der Waals surface area contributed by atoms with Crippen LogP contribution in [-0.4, -0.2) is 7.05 Å². The molecule has 0 bridgehead atoms. The molecule has 0 amide bonds. The Morgan fingerprint density at radius 2 is 2.17 bits per heavy atom. The van der Waals surface area contributed by atoms with Crippen LogP contribution in [0.5, 0.6) is 0 Å². The Kier molecular flexibility index (Phi) is 2.89. The first-order valence-corrected chi connectivity index (χ1v) is 6.56. The second-order valence-electron chi connectivity index (χ2n) is 4.04. The Labute approximate surface area is 108 Å². The molecule has 92 valence electrons. The highest BCUT2D eigenvalue weighted by atomic mass is 32.1. The SMILES string of the molecule is CNC(c1cc2cccc(F)c2o1)c1cccs1. The van der Waals surface area contributed by atoms with Gasteiger partial charge in [-0.3, -0.25) is 0 Å². The predicted molar refractivity (Wildman–Crippen MR) is 71.4 cm³/mol. The molecule has 1 atom stereocenters. The van der Waals surface area contributed by atoms with Crippen molar-refractivity contribution in [1.29, 1.82) is 0 Å². The van der Waals surface area contributed by atoms with E-state index >= 15 is 0 Å². The molecule has 2 heterocycles. The van der Waals surface area contributed by atoms with E-state index in [1.165, 1.54) is 6.07 Å². The van der Waals surface area contributed by atoms with Gasteiger partial charge in [0.15, 0.2) is 11.4 Å². The monoisotopic (exact) mass is 261 g/mol. The molecule has 3 aromatic rings. The molecular formula is C14H12FNOS. The second-order valence-corrected chi connectivity index (χ2v) is 5.02. The summed E-state index contributed by atoms with van der Waals surface area (Å²) in [5, 5.41) is 6.01. The summed E-state index contributed by atoms with van der Waals surface area (Å²) >= 11 is 1.65. The summed E-state index contributed by atoms with van der Waals surface area (Å²) in [6.45, 7) is 0. The molecule has 0 saturated carbocycles. The fourth-order valence-corrected chi connectivity index (χ4v) is 2.91. The number of thiophene rings is 1.